The molecule has 1 N–H and O–H groups in total. The van der Waals surface area contributed by atoms with E-state index in [1.807, 2.05) is 66.7 Å². The molecule has 0 spiro atoms. The molecule has 0 saturated carbocycles. The van der Waals surface area contributed by atoms with E-state index in [1.165, 1.54) is 0 Å². The van der Waals surface area contributed by atoms with Crippen LogP contribution in [0.5, 0.6) is 5.75 Å². The van der Waals surface area contributed by atoms with Crippen molar-refractivity contribution >= 4 is 40.0 Å². The Morgan fingerprint density at radius 2 is 1.77 bits per heavy atom. The van der Waals surface area contributed by atoms with Gasteiger partial charge in [-0.3, -0.25) is 4.79 Å². The molecule has 0 unspecified atom stereocenters. The molecule has 0 atom stereocenters. The van der Waals surface area contributed by atoms with Crippen LogP contribution in [0.1, 0.15) is 5.56 Å². The van der Waals surface area contributed by atoms with Crippen LogP contribution in [-0.2, 0) is 10.5 Å². The minimum atomic E-state index is -0.114. The number of halogens is 1. The smallest absolute Gasteiger partial charge is 0.257 e. The van der Waals surface area contributed by atoms with E-state index in [0.717, 1.165) is 32.9 Å². The molecule has 0 bridgehead atoms. The van der Waals surface area contributed by atoms with Crippen LogP contribution >= 0.6 is 23.4 Å². The minimum Gasteiger partial charge on any atom is -0.484 e. The van der Waals surface area contributed by atoms with E-state index in [1.54, 1.807) is 11.8 Å². The maximum Gasteiger partial charge on any atom is 0.257 e. The predicted molar refractivity (Wildman–Crippen MR) is 110 cm³/mol. The van der Waals surface area contributed by atoms with E-state index in [4.69, 9.17) is 16.3 Å². The summed E-state index contributed by atoms with van der Waals surface area (Å²) in [6.07, 6.45) is 0. The van der Waals surface area contributed by atoms with Gasteiger partial charge < -0.3 is 10.1 Å². The summed E-state index contributed by atoms with van der Waals surface area (Å²) in [5.74, 6) is 2.25. The number of carbonyl (C=O) groups excluding carboxylic acids is 1. The van der Waals surface area contributed by atoms with Gasteiger partial charge in [-0.1, -0.05) is 60.1 Å². The number of amides is 1. The molecule has 5 heteroatoms. The zero-order chi connectivity index (χ0) is 18.2. The Kier molecular flexibility index (Phi) is 6.81. The van der Waals surface area contributed by atoms with E-state index in [-0.39, 0.29) is 12.5 Å². The van der Waals surface area contributed by atoms with Crippen LogP contribution < -0.4 is 10.1 Å². The molecule has 1 amide bonds. The predicted octanol–water partition coefficient (Wildman–Crippen LogP) is 4.92. The molecule has 0 radical (unpaired) electrons. The normalized spacial score (nSPS) is 10.7. The molecule has 0 aromatic heterocycles. The van der Waals surface area contributed by atoms with Crippen molar-refractivity contribution in [3.8, 4) is 5.75 Å². The summed E-state index contributed by atoms with van der Waals surface area (Å²) in [5.41, 5.74) is 1.12. The third-order valence-electron chi connectivity index (χ3n) is 3.87. The van der Waals surface area contributed by atoms with Gasteiger partial charge in [0.05, 0.1) is 0 Å². The Balaban J connectivity index is 1.35. The zero-order valence-electron chi connectivity index (χ0n) is 14.3. The van der Waals surface area contributed by atoms with Crippen LogP contribution in [-0.4, -0.2) is 24.8 Å². The second kappa shape index (κ2) is 9.51. The highest BCUT2D eigenvalue weighted by Gasteiger charge is 2.04. The summed E-state index contributed by atoms with van der Waals surface area (Å²) in [6.45, 7) is 0.628. The summed E-state index contributed by atoms with van der Waals surface area (Å²) >= 11 is 7.86. The van der Waals surface area contributed by atoms with E-state index in [0.29, 0.717) is 12.3 Å². The number of hydrogen-bond acceptors (Lipinski definition) is 3. The summed E-state index contributed by atoms with van der Waals surface area (Å²) in [5, 5.41) is 5.91. The molecule has 3 aromatic carbocycles. The molecule has 26 heavy (non-hydrogen) atoms. The fraction of sp³-hybridized carbons (Fsp3) is 0.190. The number of benzene rings is 3. The third kappa shape index (κ3) is 5.41. The van der Waals surface area contributed by atoms with Gasteiger partial charge in [-0.05, 0) is 34.5 Å². The zero-order valence-corrected chi connectivity index (χ0v) is 15.9. The van der Waals surface area contributed by atoms with Crippen molar-refractivity contribution in [1.82, 2.24) is 5.32 Å². The second-order valence-electron chi connectivity index (χ2n) is 5.79. The number of rotatable bonds is 8. The second-order valence-corrected chi connectivity index (χ2v) is 7.30. The number of ether oxygens (including phenoxy) is 1. The van der Waals surface area contributed by atoms with Crippen molar-refractivity contribution < 1.29 is 9.53 Å². The van der Waals surface area contributed by atoms with Crippen LogP contribution in [0.4, 0.5) is 0 Å². The molecule has 3 rings (SSSR count). The van der Waals surface area contributed by atoms with Crippen LogP contribution in [0.25, 0.3) is 10.8 Å². The molecule has 0 aliphatic carbocycles. The molecule has 3 aromatic rings. The summed E-state index contributed by atoms with van der Waals surface area (Å²) < 4.78 is 5.58. The topological polar surface area (TPSA) is 38.3 Å². The lowest BCUT2D eigenvalue weighted by Gasteiger charge is -2.08. The van der Waals surface area contributed by atoms with E-state index >= 15 is 0 Å². The van der Waals surface area contributed by atoms with E-state index < -0.39 is 0 Å². The van der Waals surface area contributed by atoms with Gasteiger partial charge in [0, 0.05) is 23.1 Å². The van der Waals surface area contributed by atoms with Crippen LogP contribution in [0, 0.1) is 0 Å². The quantitative estimate of drug-likeness (QED) is 0.559. The first-order chi connectivity index (χ1) is 12.7. The van der Waals surface area contributed by atoms with E-state index in [9.17, 15) is 4.79 Å². The molecule has 0 saturated heterocycles. The Morgan fingerprint density at radius 1 is 1.00 bits per heavy atom. The van der Waals surface area contributed by atoms with Crippen molar-refractivity contribution in [1.29, 1.82) is 0 Å². The Labute approximate surface area is 162 Å². The molecule has 3 nitrogen and oxygen atoms in total. The Morgan fingerprint density at radius 3 is 2.62 bits per heavy atom. The van der Waals surface area contributed by atoms with Gasteiger partial charge in [0.2, 0.25) is 0 Å². The number of nitrogens with one attached hydrogen (secondary N) is 1. The fourth-order valence-corrected chi connectivity index (χ4v) is 3.66. The maximum absolute atomic E-state index is 11.9. The number of thioether (sulfide) groups is 1. The number of carbonyl (C=O) groups is 1. The molecule has 0 aliphatic heterocycles. The average Bonchev–Trinajstić information content (AvgIpc) is 2.67. The van der Waals surface area contributed by atoms with Crippen molar-refractivity contribution in [2.24, 2.45) is 0 Å². The lowest BCUT2D eigenvalue weighted by molar-refractivity contribution is -0.122. The van der Waals surface area contributed by atoms with Crippen LogP contribution in [0.3, 0.4) is 0 Å². The van der Waals surface area contributed by atoms with Crippen LogP contribution in [0.15, 0.2) is 66.7 Å². The maximum atomic E-state index is 11.9. The van der Waals surface area contributed by atoms with Gasteiger partial charge in [0.1, 0.15) is 5.75 Å². The largest absolute Gasteiger partial charge is 0.484 e. The summed E-state index contributed by atoms with van der Waals surface area (Å²) in [7, 11) is 0. The SMILES string of the molecule is O=C(COc1ccc2ccccc2c1)NCCSCc1ccccc1Cl. The number of fused-ring (bicyclic) bond motifs is 1. The van der Waals surface area contributed by atoms with Crippen molar-refractivity contribution in [2.45, 2.75) is 5.75 Å². The summed E-state index contributed by atoms with van der Waals surface area (Å²) in [6, 6.07) is 21.7. The molecular formula is C21H20ClNO2S. The fourth-order valence-electron chi connectivity index (χ4n) is 2.52. The lowest BCUT2D eigenvalue weighted by Crippen LogP contribution is -2.30. The summed E-state index contributed by atoms with van der Waals surface area (Å²) in [4.78, 5) is 11.9. The van der Waals surface area contributed by atoms with Crippen molar-refractivity contribution in [3.63, 3.8) is 0 Å². The highest BCUT2D eigenvalue weighted by atomic mass is 35.5. The standard InChI is InChI=1S/C21H20ClNO2S/c22-20-8-4-3-7-18(20)15-26-12-11-23-21(24)14-25-19-10-9-16-5-1-2-6-17(16)13-19/h1-10,13H,11-12,14-15H2,(H,23,24). The van der Waals surface area contributed by atoms with Gasteiger partial charge in [-0.15, -0.1) is 0 Å². The van der Waals surface area contributed by atoms with Gasteiger partial charge in [0.15, 0.2) is 6.61 Å². The van der Waals surface area contributed by atoms with Gasteiger partial charge in [0.25, 0.3) is 5.91 Å². The van der Waals surface area contributed by atoms with Gasteiger partial charge >= 0.3 is 0 Å². The van der Waals surface area contributed by atoms with Crippen LogP contribution in [0.2, 0.25) is 5.02 Å². The molecule has 0 aliphatic rings. The Hall–Kier alpha value is -2.17. The first-order valence-electron chi connectivity index (χ1n) is 8.42. The molecule has 134 valence electrons. The first kappa shape index (κ1) is 18.6. The molecule has 0 fully saturated rings. The third-order valence-corrected chi connectivity index (χ3v) is 5.25. The van der Waals surface area contributed by atoms with Crippen molar-refractivity contribution in [3.05, 3.63) is 77.3 Å². The lowest BCUT2D eigenvalue weighted by atomic mass is 10.1. The monoisotopic (exact) mass is 385 g/mol. The molecular weight excluding hydrogens is 366 g/mol. The van der Waals surface area contributed by atoms with Gasteiger partial charge in [-0.2, -0.15) is 11.8 Å². The highest BCUT2D eigenvalue weighted by molar-refractivity contribution is 7.98. The first-order valence-corrected chi connectivity index (χ1v) is 9.95. The van der Waals surface area contributed by atoms with Gasteiger partial charge in [-0.25, -0.2) is 0 Å². The minimum absolute atomic E-state index is 0.0213. The molecule has 0 heterocycles. The number of hydrogen-bond donors (Lipinski definition) is 1. The Bertz CT molecular complexity index is 885. The van der Waals surface area contributed by atoms with Crippen molar-refractivity contribution in [2.75, 3.05) is 18.9 Å². The highest BCUT2D eigenvalue weighted by Crippen LogP contribution is 2.21. The van der Waals surface area contributed by atoms with E-state index in [2.05, 4.69) is 5.32 Å². The average molecular weight is 386 g/mol.